The van der Waals surface area contributed by atoms with Crippen LogP contribution in [0.2, 0.25) is 0 Å². The van der Waals surface area contributed by atoms with Crippen molar-refractivity contribution >= 4 is 23.5 Å². The van der Waals surface area contributed by atoms with Crippen molar-refractivity contribution in [2.24, 2.45) is 0 Å². The molecule has 1 fully saturated rings. The topological polar surface area (TPSA) is 66.3 Å². The van der Waals surface area contributed by atoms with Crippen LogP contribution in [0, 0.1) is 13.8 Å². The van der Waals surface area contributed by atoms with Crippen LogP contribution in [0.5, 0.6) is 0 Å². The molecule has 1 aliphatic rings. The first-order valence-corrected chi connectivity index (χ1v) is 7.11. The van der Waals surface area contributed by atoms with Crippen molar-refractivity contribution in [1.82, 2.24) is 19.6 Å². The van der Waals surface area contributed by atoms with E-state index in [1.807, 2.05) is 18.7 Å². The van der Waals surface area contributed by atoms with Crippen LogP contribution in [0.4, 0.5) is 5.95 Å². The van der Waals surface area contributed by atoms with Crippen LogP contribution in [0.3, 0.4) is 0 Å². The fourth-order valence-corrected chi connectivity index (χ4v) is 2.91. The number of hydrogen-bond acceptors (Lipinski definition) is 5. The molecule has 0 aromatic carbocycles. The molecule has 2 aromatic heterocycles. The number of fused-ring (bicyclic) bond motifs is 1. The molecule has 6 nitrogen and oxygen atoms in total. The summed E-state index contributed by atoms with van der Waals surface area (Å²) in [7, 11) is 0. The summed E-state index contributed by atoms with van der Waals surface area (Å²) in [4.78, 5) is 23.0. The lowest BCUT2D eigenvalue weighted by Gasteiger charge is -2.25. The number of hydrogen-bond donors (Lipinski definition) is 1. The summed E-state index contributed by atoms with van der Waals surface area (Å²) in [6.45, 7) is 5.53. The maximum absolute atomic E-state index is 12.1. The zero-order valence-corrected chi connectivity index (χ0v) is 11.3. The van der Waals surface area contributed by atoms with E-state index in [4.69, 9.17) is 0 Å². The Hall–Kier alpha value is -1.50. The maximum atomic E-state index is 12.1. The second-order valence-electron chi connectivity index (χ2n) is 4.41. The van der Waals surface area contributed by atoms with Gasteiger partial charge in [0, 0.05) is 35.9 Å². The smallest absolute Gasteiger partial charge is 0.277 e. The van der Waals surface area contributed by atoms with Gasteiger partial charge in [-0.2, -0.15) is 21.3 Å². The Balaban J connectivity index is 2.10. The standard InChI is InChI=1S/C11H15N5OS/c1-7-8(2)12-10-13-11(14-16(10)9(7)17)15-3-5-18-6-4-15/h3-6H2,1-2H3,(H,12,13,14). The highest BCUT2D eigenvalue weighted by molar-refractivity contribution is 7.99. The van der Waals surface area contributed by atoms with Gasteiger partial charge in [-0.3, -0.25) is 9.89 Å². The fraction of sp³-hybridized carbons (Fsp3) is 0.545. The Morgan fingerprint density at radius 1 is 1.22 bits per heavy atom. The zero-order chi connectivity index (χ0) is 12.7. The van der Waals surface area contributed by atoms with Gasteiger partial charge in [0.15, 0.2) is 0 Å². The molecule has 1 saturated heterocycles. The summed E-state index contributed by atoms with van der Waals surface area (Å²) < 4.78 is 1.43. The molecule has 96 valence electrons. The molecule has 3 rings (SSSR count). The minimum atomic E-state index is -0.0670. The second kappa shape index (κ2) is 4.31. The summed E-state index contributed by atoms with van der Waals surface area (Å²) in [5, 5.41) is 3.05. The molecule has 0 spiro atoms. The fourth-order valence-electron chi connectivity index (χ4n) is 2.01. The number of H-pyrrole nitrogens is 1. The van der Waals surface area contributed by atoms with E-state index in [1.165, 1.54) is 4.52 Å². The molecular formula is C11H15N5OS. The van der Waals surface area contributed by atoms with E-state index < -0.39 is 0 Å². The van der Waals surface area contributed by atoms with Gasteiger partial charge in [0.1, 0.15) is 0 Å². The molecule has 0 radical (unpaired) electrons. The third kappa shape index (κ3) is 1.78. The Morgan fingerprint density at radius 2 is 1.94 bits per heavy atom. The van der Waals surface area contributed by atoms with Gasteiger partial charge in [-0.25, -0.2) is 4.98 Å². The Labute approximate surface area is 108 Å². The van der Waals surface area contributed by atoms with Crippen molar-refractivity contribution in [3.05, 3.63) is 21.6 Å². The van der Waals surface area contributed by atoms with E-state index in [9.17, 15) is 4.79 Å². The molecule has 0 atom stereocenters. The second-order valence-corrected chi connectivity index (χ2v) is 5.63. The highest BCUT2D eigenvalue weighted by Crippen LogP contribution is 2.15. The maximum Gasteiger partial charge on any atom is 0.277 e. The number of aryl methyl sites for hydroxylation is 1. The average molecular weight is 265 g/mol. The van der Waals surface area contributed by atoms with E-state index in [2.05, 4.69) is 20.0 Å². The molecule has 0 saturated carbocycles. The molecule has 18 heavy (non-hydrogen) atoms. The van der Waals surface area contributed by atoms with E-state index in [1.54, 1.807) is 6.92 Å². The quantitative estimate of drug-likeness (QED) is 0.817. The normalized spacial score (nSPS) is 16.4. The van der Waals surface area contributed by atoms with Crippen molar-refractivity contribution in [3.63, 3.8) is 0 Å². The number of rotatable bonds is 1. The number of nitrogens with one attached hydrogen (secondary N) is 1. The van der Waals surface area contributed by atoms with Gasteiger partial charge in [0.25, 0.3) is 11.3 Å². The first-order chi connectivity index (χ1) is 8.66. The van der Waals surface area contributed by atoms with Gasteiger partial charge in [-0.15, -0.1) is 0 Å². The van der Waals surface area contributed by atoms with Crippen molar-refractivity contribution < 1.29 is 0 Å². The molecule has 0 unspecified atom stereocenters. The number of thioether (sulfide) groups is 1. The highest BCUT2D eigenvalue weighted by Gasteiger charge is 2.16. The van der Waals surface area contributed by atoms with E-state index in [0.29, 0.717) is 11.3 Å². The van der Waals surface area contributed by atoms with Crippen LogP contribution in [0.25, 0.3) is 5.78 Å². The van der Waals surface area contributed by atoms with Crippen molar-refractivity contribution in [2.75, 3.05) is 29.5 Å². The van der Waals surface area contributed by atoms with Gasteiger partial charge >= 0.3 is 0 Å². The number of anilines is 1. The molecule has 3 heterocycles. The lowest BCUT2D eigenvalue weighted by atomic mass is 10.3. The largest absolute Gasteiger partial charge is 0.340 e. The van der Waals surface area contributed by atoms with Crippen LogP contribution in [0.1, 0.15) is 11.3 Å². The minimum absolute atomic E-state index is 0.0670. The van der Waals surface area contributed by atoms with Crippen LogP contribution in [-0.4, -0.2) is 44.2 Å². The van der Waals surface area contributed by atoms with Crippen LogP contribution in [-0.2, 0) is 0 Å². The number of aromatic amines is 1. The van der Waals surface area contributed by atoms with E-state index in [0.717, 1.165) is 36.2 Å². The van der Waals surface area contributed by atoms with Crippen molar-refractivity contribution in [2.45, 2.75) is 13.8 Å². The molecule has 0 amide bonds. The third-order valence-electron chi connectivity index (χ3n) is 3.26. The number of aromatic nitrogens is 4. The predicted molar refractivity (Wildman–Crippen MR) is 72.6 cm³/mol. The van der Waals surface area contributed by atoms with Crippen molar-refractivity contribution in [1.29, 1.82) is 0 Å². The molecule has 0 aliphatic carbocycles. The van der Waals surface area contributed by atoms with Crippen LogP contribution in [0.15, 0.2) is 4.79 Å². The highest BCUT2D eigenvalue weighted by atomic mass is 32.2. The summed E-state index contributed by atoms with van der Waals surface area (Å²) in [6, 6.07) is 0. The van der Waals surface area contributed by atoms with Gasteiger partial charge < -0.3 is 4.90 Å². The summed E-state index contributed by atoms with van der Waals surface area (Å²) in [5.41, 5.74) is 1.34. The van der Waals surface area contributed by atoms with Gasteiger partial charge in [-0.05, 0) is 13.8 Å². The van der Waals surface area contributed by atoms with Gasteiger partial charge in [0.05, 0.1) is 0 Å². The molecule has 0 bridgehead atoms. The van der Waals surface area contributed by atoms with E-state index >= 15 is 0 Å². The van der Waals surface area contributed by atoms with Gasteiger partial charge in [0.2, 0.25) is 5.95 Å². The Kier molecular flexibility index (Phi) is 2.77. The Bertz CT molecular complexity index is 641. The molecule has 7 heteroatoms. The SMILES string of the molecule is Cc1nc2nc(N3CCSCC3)[nH]n2c(=O)c1C. The molecule has 2 aromatic rings. The summed E-state index contributed by atoms with van der Waals surface area (Å²) in [6.07, 6.45) is 0. The van der Waals surface area contributed by atoms with Crippen LogP contribution < -0.4 is 10.5 Å². The molecule has 1 N–H and O–H groups in total. The van der Waals surface area contributed by atoms with Crippen molar-refractivity contribution in [3.8, 4) is 0 Å². The van der Waals surface area contributed by atoms with E-state index in [-0.39, 0.29) is 5.56 Å². The average Bonchev–Trinajstić information content (AvgIpc) is 2.81. The third-order valence-corrected chi connectivity index (χ3v) is 4.21. The predicted octanol–water partition coefficient (Wildman–Crippen LogP) is 0.588. The zero-order valence-electron chi connectivity index (χ0n) is 10.4. The van der Waals surface area contributed by atoms with Crippen LogP contribution >= 0.6 is 11.8 Å². The lowest BCUT2D eigenvalue weighted by molar-refractivity contribution is 0.798. The summed E-state index contributed by atoms with van der Waals surface area (Å²) >= 11 is 1.94. The first-order valence-electron chi connectivity index (χ1n) is 5.95. The Morgan fingerprint density at radius 3 is 2.67 bits per heavy atom. The first kappa shape index (κ1) is 11.6. The number of nitrogens with zero attached hydrogens (tertiary/aromatic N) is 4. The lowest BCUT2D eigenvalue weighted by Crippen LogP contribution is -2.33. The minimum Gasteiger partial charge on any atom is -0.340 e. The van der Waals surface area contributed by atoms with Gasteiger partial charge in [-0.1, -0.05) is 0 Å². The molecule has 1 aliphatic heterocycles. The summed E-state index contributed by atoms with van der Waals surface area (Å²) in [5.74, 6) is 3.38. The molecular weight excluding hydrogens is 250 g/mol. The monoisotopic (exact) mass is 265 g/mol.